The van der Waals surface area contributed by atoms with Crippen LogP contribution in [0.1, 0.15) is 45.2 Å². The first-order valence-electron chi connectivity index (χ1n) is 9.58. The van der Waals surface area contributed by atoms with E-state index in [0.29, 0.717) is 11.6 Å². The first-order valence-corrected chi connectivity index (χ1v) is 9.58. The van der Waals surface area contributed by atoms with Gasteiger partial charge in [0.15, 0.2) is 0 Å². The Kier molecular flexibility index (Phi) is 5.85. The summed E-state index contributed by atoms with van der Waals surface area (Å²) < 4.78 is 5.16. The third-order valence-electron chi connectivity index (χ3n) is 5.79. The molecular weight excluding hydrogens is 342 g/mol. The van der Waals surface area contributed by atoms with Crippen LogP contribution in [0.4, 0.5) is 0 Å². The normalized spacial score (nSPS) is 26.1. The number of hydrogen-bond acceptors (Lipinski definition) is 4. The van der Waals surface area contributed by atoms with Gasteiger partial charge >= 0.3 is 0 Å². The van der Waals surface area contributed by atoms with Crippen LogP contribution < -0.4 is 20.7 Å². The molecule has 146 valence electrons. The third-order valence-corrected chi connectivity index (χ3v) is 5.79. The second-order valence-corrected chi connectivity index (χ2v) is 7.54. The fraction of sp³-hybridized carbons (Fsp3) is 0.524. The second kappa shape index (κ2) is 8.13. The van der Waals surface area contributed by atoms with Crippen LogP contribution >= 0.6 is 0 Å². The number of methoxy groups -OCH3 is 1. The molecular formula is C21H29N3O3. The SMILES string of the molecule is COc1ccc([C@H](C)NC(=O)CC2=C(C)C3C(C)NCCC3NC2=O)cc1. The average Bonchev–Trinajstić information content (AvgIpc) is 2.65. The minimum atomic E-state index is -0.141. The minimum absolute atomic E-state index is 0.102. The Morgan fingerprint density at radius 2 is 2.04 bits per heavy atom. The Labute approximate surface area is 160 Å². The molecule has 3 rings (SSSR count). The maximum Gasteiger partial charge on any atom is 0.247 e. The van der Waals surface area contributed by atoms with E-state index in [1.807, 2.05) is 38.1 Å². The number of rotatable bonds is 5. The van der Waals surface area contributed by atoms with Gasteiger partial charge in [-0.15, -0.1) is 0 Å². The molecule has 0 saturated carbocycles. The van der Waals surface area contributed by atoms with Crippen molar-refractivity contribution >= 4 is 11.8 Å². The summed E-state index contributed by atoms with van der Waals surface area (Å²) in [6, 6.07) is 7.93. The van der Waals surface area contributed by atoms with Crippen molar-refractivity contribution in [2.75, 3.05) is 13.7 Å². The van der Waals surface area contributed by atoms with E-state index < -0.39 is 0 Å². The highest BCUT2D eigenvalue weighted by molar-refractivity contribution is 6.00. The summed E-state index contributed by atoms with van der Waals surface area (Å²) in [6.07, 6.45) is 1.03. The number of hydrogen-bond donors (Lipinski definition) is 3. The molecule has 1 aromatic rings. The summed E-state index contributed by atoms with van der Waals surface area (Å²) >= 11 is 0. The Bertz CT molecular complexity index is 742. The van der Waals surface area contributed by atoms with Crippen molar-refractivity contribution in [1.29, 1.82) is 0 Å². The van der Waals surface area contributed by atoms with Crippen molar-refractivity contribution in [2.45, 2.75) is 51.7 Å². The molecule has 3 unspecified atom stereocenters. The van der Waals surface area contributed by atoms with Gasteiger partial charge < -0.3 is 20.7 Å². The minimum Gasteiger partial charge on any atom is -0.497 e. The van der Waals surface area contributed by atoms with Crippen molar-refractivity contribution in [3.63, 3.8) is 0 Å². The predicted octanol–water partition coefficient (Wildman–Crippen LogP) is 2.08. The third kappa shape index (κ3) is 4.16. The standard InChI is InChI=1S/C21H29N3O3/c1-12-17(21(26)24-18-9-10-22-14(3)20(12)18)11-19(25)23-13(2)15-5-7-16(27-4)8-6-15/h5-8,13-14,18,20,22H,9-11H2,1-4H3,(H,23,25)(H,24,26)/t13-,14?,18?,20?/m0/s1. The van der Waals surface area contributed by atoms with E-state index in [-0.39, 0.29) is 36.2 Å². The number of fused-ring (bicyclic) bond motifs is 1. The number of amides is 2. The highest BCUT2D eigenvalue weighted by Gasteiger charge is 2.39. The van der Waals surface area contributed by atoms with E-state index in [9.17, 15) is 9.59 Å². The van der Waals surface area contributed by atoms with Gasteiger partial charge in [0.05, 0.1) is 19.6 Å². The highest BCUT2D eigenvalue weighted by Crippen LogP contribution is 2.32. The Hall–Kier alpha value is -2.34. The van der Waals surface area contributed by atoms with E-state index in [2.05, 4.69) is 22.9 Å². The second-order valence-electron chi connectivity index (χ2n) is 7.54. The topological polar surface area (TPSA) is 79.5 Å². The van der Waals surface area contributed by atoms with Crippen LogP contribution in [0.25, 0.3) is 0 Å². The van der Waals surface area contributed by atoms with Crippen LogP contribution in [-0.4, -0.2) is 37.6 Å². The summed E-state index contributed by atoms with van der Waals surface area (Å²) in [5.74, 6) is 0.785. The van der Waals surface area contributed by atoms with E-state index in [4.69, 9.17) is 4.74 Å². The maximum atomic E-state index is 12.6. The van der Waals surface area contributed by atoms with Crippen molar-refractivity contribution in [3.8, 4) is 5.75 Å². The molecule has 6 heteroatoms. The zero-order valence-corrected chi connectivity index (χ0v) is 16.5. The molecule has 27 heavy (non-hydrogen) atoms. The van der Waals surface area contributed by atoms with Crippen LogP contribution in [0.5, 0.6) is 5.75 Å². The monoisotopic (exact) mass is 371 g/mol. The summed E-state index contributed by atoms with van der Waals surface area (Å²) in [5.41, 5.74) is 2.63. The van der Waals surface area contributed by atoms with Crippen molar-refractivity contribution in [1.82, 2.24) is 16.0 Å². The lowest BCUT2D eigenvalue weighted by atomic mass is 9.76. The fourth-order valence-corrected chi connectivity index (χ4v) is 4.24. The molecule has 1 fully saturated rings. The van der Waals surface area contributed by atoms with Gasteiger partial charge in [-0.2, -0.15) is 0 Å². The van der Waals surface area contributed by atoms with Gasteiger partial charge in [0.1, 0.15) is 5.75 Å². The number of benzene rings is 1. The van der Waals surface area contributed by atoms with E-state index in [1.54, 1.807) is 7.11 Å². The molecule has 6 nitrogen and oxygen atoms in total. The van der Waals surface area contributed by atoms with Gasteiger partial charge in [-0.1, -0.05) is 17.7 Å². The molecule has 0 aliphatic carbocycles. The molecule has 0 radical (unpaired) electrons. The molecule has 0 aromatic heterocycles. The van der Waals surface area contributed by atoms with Crippen molar-refractivity contribution in [2.24, 2.45) is 5.92 Å². The van der Waals surface area contributed by atoms with Gasteiger partial charge in [-0.05, 0) is 51.4 Å². The van der Waals surface area contributed by atoms with Crippen molar-refractivity contribution < 1.29 is 14.3 Å². The molecule has 2 aliphatic rings. The van der Waals surface area contributed by atoms with Crippen molar-refractivity contribution in [3.05, 3.63) is 41.0 Å². The smallest absolute Gasteiger partial charge is 0.247 e. The van der Waals surface area contributed by atoms with Crippen LogP contribution in [0.15, 0.2) is 35.4 Å². The maximum absolute atomic E-state index is 12.6. The van der Waals surface area contributed by atoms with Crippen LogP contribution in [0.2, 0.25) is 0 Å². The molecule has 2 aliphatic heterocycles. The molecule has 2 amide bonds. The zero-order valence-electron chi connectivity index (χ0n) is 16.5. The molecule has 1 aromatic carbocycles. The first kappa shape index (κ1) is 19.4. The summed E-state index contributed by atoms with van der Waals surface area (Å²) in [6.45, 7) is 6.98. The zero-order chi connectivity index (χ0) is 19.6. The van der Waals surface area contributed by atoms with Gasteiger partial charge in [-0.25, -0.2) is 0 Å². The number of carbonyl (C=O) groups excluding carboxylic acids is 2. The summed E-state index contributed by atoms with van der Waals surface area (Å²) in [5, 5.41) is 9.56. The highest BCUT2D eigenvalue weighted by atomic mass is 16.5. The lowest BCUT2D eigenvalue weighted by Gasteiger charge is -2.42. The molecule has 3 N–H and O–H groups in total. The number of piperidine rings is 1. The first-order chi connectivity index (χ1) is 12.9. The van der Waals surface area contributed by atoms with E-state index >= 15 is 0 Å². The molecule has 2 heterocycles. The molecule has 1 saturated heterocycles. The number of nitrogens with one attached hydrogen (secondary N) is 3. The Morgan fingerprint density at radius 3 is 2.70 bits per heavy atom. The van der Waals surface area contributed by atoms with Crippen LogP contribution in [0, 0.1) is 5.92 Å². The fourth-order valence-electron chi connectivity index (χ4n) is 4.24. The van der Waals surface area contributed by atoms with Gasteiger partial charge in [0, 0.05) is 23.6 Å². The molecule has 0 bridgehead atoms. The lowest BCUT2D eigenvalue weighted by Crippen LogP contribution is -2.57. The summed E-state index contributed by atoms with van der Waals surface area (Å²) in [7, 11) is 1.62. The van der Waals surface area contributed by atoms with E-state index in [0.717, 1.165) is 29.9 Å². The predicted molar refractivity (Wildman–Crippen MR) is 104 cm³/mol. The number of carbonyl (C=O) groups is 2. The van der Waals surface area contributed by atoms with Gasteiger partial charge in [0.2, 0.25) is 11.8 Å². The lowest BCUT2D eigenvalue weighted by molar-refractivity contribution is -0.124. The Balaban J connectivity index is 1.68. The largest absolute Gasteiger partial charge is 0.497 e. The number of ether oxygens (including phenoxy) is 1. The van der Waals surface area contributed by atoms with Crippen LogP contribution in [0.3, 0.4) is 0 Å². The average molecular weight is 371 g/mol. The van der Waals surface area contributed by atoms with Gasteiger partial charge in [0.25, 0.3) is 0 Å². The molecule has 0 spiro atoms. The summed E-state index contributed by atoms with van der Waals surface area (Å²) in [4.78, 5) is 25.1. The van der Waals surface area contributed by atoms with Gasteiger partial charge in [-0.3, -0.25) is 9.59 Å². The molecule has 4 atom stereocenters. The van der Waals surface area contributed by atoms with Crippen LogP contribution in [-0.2, 0) is 9.59 Å². The van der Waals surface area contributed by atoms with E-state index in [1.165, 1.54) is 0 Å². The quantitative estimate of drug-likeness (QED) is 0.740. The Morgan fingerprint density at radius 1 is 1.33 bits per heavy atom.